The van der Waals surface area contributed by atoms with Crippen molar-refractivity contribution in [3.8, 4) is 0 Å². The van der Waals surface area contributed by atoms with E-state index in [1.54, 1.807) is 17.0 Å². The lowest BCUT2D eigenvalue weighted by molar-refractivity contribution is -0.384. The maximum absolute atomic E-state index is 12.9. The van der Waals surface area contributed by atoms with Crippen LogP contribution in [0.5, 0.6) is 0 Å². The van der Waals surface area contributed by atoms with Crippen molar-refractivity contribution in [3.05, 3.63) is 39.3 Å². The van der Waals surface area contributed by atoms with Crippen LogP contribution >= 0.6 is 11.3 Å². The van der Waals surface area contributed by atoms with Gasteiger partial charge in [0.25, 0.3) is 11.6 Å². The molecule has 0 saturated carbocycles. The number of non-ortho nitro benzene ring substituents is 1. The lowest BCUT2D eigenvalue weighted by Crippen LogP contribution is -2.59. The first-order valence-corrected chi connectivity index (χ1v) is 8.47. The average molecular weight is 347 g/mol. The summed E-state index contributed by atoms with van der Waals surface area (Å²) in [5, 5.41) is 14.3. The van der Waals surface area contributed by atoms with E-state index in [4.69, 9.17) is 0 Å². The molecule has 1 saturated heterocycles. The minimum Gasteiger partial charge on any atom is -0.353 e. The Morgan fingerprint density at radius 1 is 1.42 bits per heavy atom. The van der Waals surface area contributed by atoms with Crippen LogP contribution in [0.4, 0.5) is 5.69 Å². The van der Waals surface area contributed by atoms with Crippen LogP contribution in [0.1, 0.15) is 23.5 Å². The Kier molecular flexibility index (Phi) is 4.23. The average Bonchev–Trinajstić information content (AvgIpc) is 2.96. The molecule has 0 spiro atoms. The predicted molar refractivity (Wildman–Crippen MR) is 91.2 cm³/mol. The third-order valence-electron chi connectivity index (χ3n) is 4.07. The van der Waals surface area contributed by atoms with Gasteiger partial charge in [0.15, 0.2) is 0 Å². The van der Waals surface area contributed by atoms with E-state index in [0.717, 1.165) is 4.70 Å². The molecule has 7 nitrogen and oxygen atoms in total. The Morgan fingerprint density at radius 3 is 2.83 bits per heavy atom. The fourth-order valence-electron chi connectivity index (χ4n) is 2.97. The number of piperazine rings is 1. The van der Waals surface area contributed by atoms with E-state index in [2.05, 4.69) is 5.32 Å². The highest BCUT2D eigenvalue weighted by atomic mass is 32.1. The highest BCUT2D eigenvalue weighted by molar-refractivity contribution is 7.20. The summed E-state index contributed by atoms with van der Waals surface area (Å²) in [6.45, 7) is 4.71. The molecule has 1 aromatic carbocycles. The molecule has 8 heteroatoms. The number of hydrogen-bond donors (Lipinski definition) is 1. The summed E-state index contributed by atoms with van der Waals surface area (Å²) < 4.78 is 0.812. The normalized spacial score (nSPS) is 18.0. The van der Waals surface area contributed by atoms with Crippen molar-refractivity contribution in [2.45, 2.75) is 19.9 Å². The number of nitro benzene ring substituents is 1. The van der Waals surface area contributed by atoms with E-state index in [1.165, 1.54) is 23.5 Å². The number of nitrogens with zero attached hydrogens (tertiary/aromatic N) is 2. The molecule has 0 radical (unpaired) electrons. The number of thiophene rings is 1. The molecule has 3 rings (SSSR count). The number of amides is 2. The van der Waals surface area contributed by atoms with Crippen LogP contribution in [0.2, 0.25) is 0 Å². The molecule has 1 fully saturated rings. The Labute approximate surface area is 142 Å². The molecule has 2 aromatic rings. The van der Waals surface area contributed by atoms with E-state index < -0.39 is 11.0 Å². The smallest absolute Gasteiger partial charge is 0.270 e. The summed E-state index contributed by atoms with van der Waals surface area (Å²) in [5.41, 5.74) is -0.00305. The molecule has 0 unspecified atom stereocenters. The summed E-state index contributed by atoms with van der Waals surface area (Å²) in [4.78, 5) is 37.5. The van der Waals surface area contributed by atoms with Crippen LogP contribution in [-0.2, 0) is 4.79 Å². The Balaban J connectivity index is 1.95. The standard InChI is InChI=1S/C16H17N3O4S/c1-9(2)14-15(20)17-5-6-18(14)16(21)13-8-10-7-11(19(22)23)3-4-12(10)24-13/h3-4,7-9,14H,5-6H2,1-2H3,(H,17,20)/t14-/m1/s1. The van der Waals surface area contributed by atoms with Crippen molar-refractivity contribution >= 4 is 38.9 Å². The maximum Gasteiger partial charge on any atom is 0.270 e. The number of rotatable bonds is 3. The number of carbonyl (C=O) groups is 2. The maximum atomic E-state index is 12.9. The first-order valence-electron chi connectivity index (χ1n) is 7.65. The molecule has 1 N–H and O–H groups in total. The van der Waals surface area contributed by atoms with Crippen molar-refractivity contribution in [1.82, 2.24) is 10.2 Å². The van der Waals surface area contributed by atoms with Crippen LogP contribution in [0, 0.1) is 16.0 Å². The molecular formula is C16H17N3O4S. The highest BCUT2D eigenvalue weighted by Gasteiger charge is 2.36. The topological polar surface area (TPSA) is 92.6 Å². The van der Waals surface area contributed by atoms with Crippen LogP contribution < -0.4 is 5.32 Å². The second kappa shape index (κ2) is 6.20. The van der Waals surface area contributed by atoms with Crippen molar-refractivity contribution < 1.29 is 14.5 Å². The van der Waals surface area contributed by atoms with Gasteiger partial charge in [0.1, 0.15) is 6.04 Å². The Bertz CT molecular complexity index is 830. The summed E-state index contributed by atoms with van der Waals surface area (Å²) in [5.74, 6) is -0.335. The molecule has 2 amide bonds. The Morgan fingerprint density at radius 2 is 2.17 bits per heavy atom. The predicted octanol–water partition coefficient (Wildman–Crippen LogP) is 2.41. The largest absolute Gasteiger partial charge is 0.353 e. The fourth-order valence-corrected chi connectivity index (χ4v) is 3.97. The molecule has 1 aliphatic heterocycles. The zero-order valence-electron chi connectivity index (χ0n) is 13.3. The summed E-state index contributed by atoms with van der Waals surface area (Å²) in [6, 6.07) is 5.71. The van der Waals surface area contributed by atoms with Crippen molar-refractivity contribution in [1.29, 1.82) is 0 Å². The highest BCUT2D eigenvalue weighted by Crippen LogP contribution is 2.30. The molecule has 2 heterocycles. The van der Waals surface area contributed by atoms with Crippen LogP contribution in [0.25, 0.3) is 10.1 Å². The molecule has 1 aromatic heterocycles. The second-order valence-electron chi connectivity index (χ2n) is 6.07. The van der Waals surface area contributed by atoms with Crippen molar-refractivity contribution in [2.75, 3.05) is 13.1 Å². The van der Waals surface area contributed by atoms with Gasteiger partial charge in [-0.25, -0.2) is 0 Å². The van der Waals surface area contributed by atoms with E-state index in [0.29, 0.717) is 23.4 Å². The summed E-state index contributed by atoms with van der Waals surface area (Å²) in [6.07, 6.45) is 0. The summed E-state index contributed by atoms with van der Waals surface area (Å²) >= 11 is 1.29. The van der Waals surface area contributed by atoms with Gasteiger partial charge in [-0.15, -0.1) is 11.3 Å². The molecule has 1 atom stereocenters. The van der Waals surface area contributed by atoms with E-state index >= 15 is 0 Å². The van der Waals surface area contributed by atoms with Gasteiger partial charge in [-0.1, -0.05) is 13.8 Å². The molecule has 0 bridgehead atoms. The number of hydrogen-bond acceptors (Lipinski definition) is 5. The van der Waals surface area contributed by atoms with Gasteiger partial charge in [0.2, 0.25) is 5.91 Å². The zero-order valence-corrected chi connectivity index (χ0v) is 14.1. The molecule has 1 aliphatic rings. The lowest BCUT2D eigenvalue weighted by atomic mass is 9.99. The lowest BCUT2D eigenvalue weighted by Gasteiger charge is -2.37. The molecule has 126 valence electrons. The van der Waals surface area contributed by atoms with Gasteiger partial charge in [-0.3, -0.25) is 19.7 Å². The fraction of sp³-hybridized carbons (Fsp3) is 0.375. The number of fused-ring (bicyclic) bond motifs is 1. The van der Waals surface area contributed by atoms with Gasteiger partial charge < -0.3 is 10.2 Å². The van der Waals surface area contributed by atoms with E-state index in [1.807, 2.05) is 13.8 Å². The van der Waals surface area contributed by atoms with Crippen molar-refractivity contribution in [2.24, 2.45) is 5.92 Å². The van der Waals surface area contributed by atoms with Crippen LogP contribution in [0.15, 0.2) is 24.3 Å². The third kappa shape index (κ3) is 2.84. The molecule has 0 aliphatic carbocycles. The van der Waals surface area contributed by atoms with E-state index in [-0.39, 0.29) is 23.4 Å². The number of nitrogens with one attached hydrogen (secondary N) is 1. The van der Waals surface area contributed by atoms with Gasteiger partial charge in [0.05, 0.1) is 9.80 Å². The SMILES string of the molecule is CC(C)[C@@H]1C(=O)NCCN1C(=O)c1cc2cc([N+](=O)[O-])ccc2s1. The first kappa shape index (κ1) is 16.4. The first-order chi connectivity index (χ1) is 11.4. The van der Waals surface area contributed by atoms with Gasteiger partial charge in [-0.2, -0.15) is 0 Å². The number of benzene rings is 1. The number of nitro groups is 1. The monoisotopic (exact) mass is 347 g/mol. The number of carbonyl (C=O) groups excluding carboxylic acids is 2. The zero-order chi connectivity index (χ0) is 17.4. The quantitative estimate of drug-likeness (QED) is 0.681. The minimum atomic E-state index is -0.495. The van der Waals surface area contributed by atoms with Crippen LogP contribution in [-0.4, -0.2) is 40.8 Å². The summed E-state index contributed by atoms with van der Waals surface area (Å²) in [7, 11) is 0. The van der Waals surface area contributed by atoms with Gasteiger partial charge in [0, 0.05) is 35.3 Å². The second-order valence-corrected chi connectivity index (χ2v) is 7.15. The molecule has 24 heavy (non-hydrogen) atoms. The van der Waals surface area contributed by atoms with E-state index in [9.17, 15) is 19.7 Å². The van der Waals surface area contributed by atoms with Gasteiger partial charge >= 0.3 is 0 Å². The Hall–Kier alpha value is -2.48. The van der Waals surface area contributed by atoms with Gasteiger partial charge in [-0.05, 0) is 18.1 Å². The van der Waals surface area contributed by atoms with Crippen molar-refractivity contribution in [3.63, 3.8) is 0 Å². The van der Waals surface area contributed by atoms with Crippen LogP contribution in [0.3, 0.4) is 0 Å². The molecular weight excluding hydrogens is 330 g/mol. The minimum absolute atomic E-state index is 0.00305. The third-order valence-corrected chi connectivity index (χ3v) is 5.17.